The summed E-state index contributed by atoms with van der Waals surface area (Å²) >= 11 is 0. The topological polar surface area (TPSA) is 4.93 Å². The molecule has 1 nitrogen and oxygen atoms in total. The van der Waals surface area contributed by atoms with Crippen molar-refractivity contribution in [2.45, 2.75) is 52.2 Å². The largest absolute Gasteiger partial charge is 0.358 e. The number of aryl methyl sites for hydroxylation is 2. The maximum absolute atomic E-state index is 2.39. The summed E-state index contributed by atoms with van der Waals surface area (Å²) in [4.78, 5) is 0. The Hall–Kier alpha value is -0.503. The van der Waals surface area contributed by atoms with Crippen molar-refractivity contribution in [2.75, 3.05) is 0 Å². The second kappa shape index (κ2) is 5.02. The van der Waals surface area contributed by atoms with Crippen molar-refractivity contribution in [2.24, 2.45) is 7.05 Å². The van der Waals surface area contributed by atoms with E-state index in [1.54, 1.807) is 10.9 Å². The Morgan fingerprint density at radius 3 is 2.00 bits per heavy atom. The van der Waals surface area contributed by atoms with Crippen LogP contribution in [0.2, 0.25) is 18.1 Å². The van der Waals surface area contributed by atoms with Crippen LogP contribution in [0.5, 0.6) is 0 Å². The minimum atomic E-state index is -1.19. The minimum Gasteiger partial charge on any atom is -0.358 e. The zero-order valence-electron chi connectivity index (χ0n) is 10.9. The lowest BCUT2D eigenvalue weighted by Gasteiger charge is -2.30. The van der Waals surface area contributed by atoms with Crippen LogP contribution in [-0.2, 0) is 13.5 Å². The van der Waals surface area contributed by atoms with Gasteiger partial charge in [0.15, 0.2) is 0 Å². The van der Waals surface area contributed by atoms with E-state index in [1.807, 2.05) is 0 Å². The van der Waals surface area contributed by atoms with Crippen molar-refractivity contribution in [3.05, 3.63) is 17.8 Å². The van der Waals surface area contributed by atoms with Crippen molar-refractivity contribution in [3.63, 3.8) is 0 Å². The third kappa shape index (κ3) is 2.05. The highest BCUT2D eigenvalue weighted by Crippen LogP contribution is 2.22. The van der Waals surface area contributed by atoms with Crippen LogP contribution >= 0.6 is 0 Å². The van der Waals surface area contributed by atoms with Gasteiger partial charge < -0.3 is 4.57 Å². The van der Waals surface area contributed by atoms with Gasteiger partial charge in [0, 0.05) is 18.6 Å². The zero-order valence-corrected chi connectivity index (χ0v) is 11.9. The number of hydrogen-bond donors (Lipinski definition) is 0. The molecule has 0 atom stereocenters. The second-order valence-electron chi connectivity index (χ2n) is 4.50. The van der Waals surface area contributed by atoms with Gasteiger partial charge in [0.25, 0.3) is 0 Å². The van der Waals surface area contributed by atoms with Crippen LogP contribution in [0.3, 0.4) is 0 Å². The summed E-state index contributed by atoms with van der Waals surface area (Å²) in [6.07, 6.45) is 3.43. The second-order valence-corrected chi connectivity index (χ2v) is 9.65. The highest BCUT2D eigenvalue weighted by molar-refractivity contribution is 6.91. The molecular formula is C13H25NSi. The summed E-state index contributed by atoms with van der Waals surface area (Å²) in [6, 6.07) is 6.46. The molecule has 0 fully saturated rings. The van der Waals surface area contributed by atoms with Gasteiger partial charge in [-0.25, -0.2) is 0 Å². The lowest BCUT2D eigenvalue weighted by atomic mass is 10.3. The van der Waals surface area contributed by atoms with Gasteiger partial charge in [0.1, 0.15) is 8.07 Å². The Balaban J connectivity index is 3.26. The van der Waals surface area contributed by atoms with Crippen molar-refractivity contribution in [3.8, 4) is 0 Å². The van der Waals surface area contributed by atoms with Crippen LogP contribution in [0.1, 0.15) is 33.3 Å². The zero-order chi connectivity index (χ0) is 11.5. The predicted molar refractivity (Wildman–Crippen MR) is 71.6 cm³/mol. The summed E-state index contributed by atoms with van der Waals surface area (Å²) in [5, 5.41) is 1.71. The van der Waals surface area contributed by atoms with E-state index in [-0.39, 0.29) is 0 Å². The molecule has 0 saturated carbocycles. The Morgan fingerprint density at radius 2 is 1.60 bits per heavy atom. The molecule has 0 aliphatic carbocycles. The van der Waals surface area contributed by atoms with E-state index in [0.29, 0.717) is 0 Å². The number of rotatable bonds is 5. The van der Waals surface area contributed by atoms with E-state index in [4.69, 9.17) is 0 Å². The highest BCUT2D eigenvalue weighted by Gasteiger charge is 2.33. The molecule has 2 heteroatoms. The van der Waals surface area contributed by atoms with Gasteiger partial charge in [-0.15, -0.1) is 0 Å². The molecule has 0 aliphatic heterocycles. The summed E-state index contributed by atoms with van der Waals surface area (Å²) in [5.41, 5.74) is 1.59. The number of nitrogens with zero attached hydrogens (tertiary/aromatic N) is 1. The quantitative estimate of drug-likeness (QED) is 0.675. The molecule has 1 heterocycles. The molecule has 0 amide bonds. The van der Waals surface area contributed by atoms with Crippen LogP contribution in [0.25, 0.3) is 0 Å². The van der Waals surface area contributed by atoms with E-state index >= 15 is 0 Å². The predicted octanol–water partition coefficient (Wildman–Crippen LogP) is 3.30. The summed E-state index contributed by atoms with van der Waals surface area (Å²) in [5.74, 6) is 0. The van der Waals surface area contributed by atoms with Gasteiger partial charge in [-0.2, -0.15) is 0 Å². The molecule has 0 radical (unpaired) electrons. The molecule has 0 aromatic carbocycles. The van der Waals surface area contributed by atoms with Gasteiger partial charge in [-0.1, -0.05) is 45.8 Å². The molecule has 0 saturated heterocycles. The lowest BCUT2D eigenvalue weighted by Crippen LogP contribution is -2.50. The fourth-order valence-electron chi connectivity index (χ4n) is 2.83. The number of hydrogen-bond acceptors (Lipinski definition) is 0. The molecule has 0 spiro atoms. The van der Waals surface area contributed by atoms with E-state index in [2.05, 4.69) is 51.6 Å². The fourth-order valence-corrected chi connectivity index (χ4v) is 7.10. The van der Waals surface area contributed by atoms with Crippen LogP contribution in [0, 0.1) is 0 Å². The van der Waals surface area contributed by atoms with Crippen molar-refractivity contribution in [1.82, 2.24) is 4.57 Å². The molecule has 1 aromatic rings. The van der Waals surface area contributed by atoms with Crippen molar-refractivity contribution in [1.29, 1.82) is 0 Å². The first kappa shape index (κ1) is 12.6. The van der Waals surface area contributed by atoms with E-state index in [1.165, 1.54) is 24.6 Å². The van der Waals surface area contributed by atoms with Gasteiger partial charge in [0.2, 0.25) is 0 Å². The average Bonchev–Trinajstić information content (AvgIpc) is 2.65. The molecule has 15 heavy (non-hydrogen) atoms. The van der Waals surface area contributed by atoms with Gasteiger partial charge in [-0.05, 0) is 18.1 Å². The van der Waals surface area contributed by atoms with Gasteiger partial charge >= 0.3 is 0 Å². The fraction of sp³-hybridized carbons (Fsp3) is 0.692. The maximum Gasteiger partial charge on any atom is 0.107 e. The molecule has 0 bridgehead atoms. The molecule has 0 N–H and O–H groups in total. The SMILES string of the molecule is CCc1ccn(C)c1[Si](CC)(CC)CC. The van der Waals surface area contributed by atoms with Gasteiger partial charge in [0.05, 0.1) is 0 Å². The van der Waals surface area contributed by atoms with Crippen LogP contribution in [-0.4, -0.2) is 12.6 Å². The Bertz CT molecular complexity index is 302. The molecule has 0 aliphatic rings. The van der Waals surface area contributed by atoms with Crippen LogP contribution in [0.15, 0.2) is 12.3 Å². The normalized spacial score (nSPS) is 12.1. The first-order valence-electron chi connectivity index (χ1n) is 6.29. The van der Waals surface area contributed by atoms with Crippen molar-refractivity contribution >= 4 is 13.4 Å². The summed E-state index contributed by atoms with van der Waals surface area (Å²) in [7, 11) is 1.03. The Morgan fingerprint density at radius 1 is 1.07 bits per heavy atom. The molecule has 1 aromatic heterocycles. The maximum atomic E-state index is 2.39. The number of aromatic nitrogens is 1. The molecular weight excluding hydrogens is 198 g/mol. The monoisotopic (exact) mass is 223 g/mol. The molecule has 1 rings (SSSR count). The minimum absolute atomic E-state index is 1.19. The molecule has 86 valence electrons. The summed E-state index contributed by atoms with van der Waals surface area (Å²) in [6.45, 7) is 9.42. The third-order valence-electron chi connectivity index (χ3n) is 4.07. The average molecular weight is 223 g/mol. The van der Waals surface area contributed by atoms with Crippen LogP contribution in [0.4, 0.5) is 0 Å². The Kier molecular flexibility index (Phi) is 4.20. The van der Waals surface area contributed by atoms with Crippen LogP contribution < -0.4 is 5.32 Å². The third-order valence-corrected chi connectivity index (χ3v) is 9.81. The first-order valence-corrected chi connectivity index (χ1v) is 8.91. The highest BCUT2D eigenvalue weighted by atomic mass is 28.3. The standard InChI is InChI=1S/C13H25NSi/c1-6-12-10-11-14(5)13(12)15(7-2,8-3)9-4/h10-11H,6-9H2,1-5H3. The van der Waals surface area contributed by atoms with Gasteiger partial charge in [-0.3, -0.25) is 0 Å². The van der Waals surface area contributed by atoms with E-state index in [0.717, 1.165) is 0 Å². The first-order chi connectivity index (χ1) is 7.15. The van der Waals surface area contributed by atoms with Crippen molar-refractivity contribution < 1.29 is 0 Å². The smallest absolute Gasteiger partial charge is 0.107 e. The van der Waals surface area contributed by atoms with E-state index in [9.17, 15) is 0 Å². The lowest BCUT2D eigenvalue weighted by molar-refractivity contribution is 0.937. The summed E-state index contributed by atoms with van der Waals surface area (Å²) < 4.78 is 2.39. The van der Waals surface area contributed by atoms with E-state index < -0.39 is 8.07 Å². The Labute approximate surface area is 95.5 Å². The molecule has 0 unspecified atom stereocenters.